The van der Waals surface area contributed by atoms with Crippen LogP contribution < -0.4 is 9.47 Å². The first-order valence-corrected chi connectivity index (χ1v) is 13.7. The van der Waals surface area contributed by atoms with Crippen molar-refractivity contribution in [3.05, 3.63) is 81.3 Å². The summed E-state index contributed by atoms with van der Waals surface area (Å²) in [5.41, 5.74) is 1.58. The molecule has 2 aromatic rings. The summed E-state index contributed by atoms with van der Waals surface area (Å²) in [6.07, 6.45) is 1.98. The van der Waals surface area contributed by atoms with Gasteiger partial charge < -0.3 is 14.2 Å². The number of hydrogen-bond acceptors (Lipinski definition) is 6. The van der Waals surface area contributed by atoms with Crippen LogP contribution >= 0.6 is 11.6 Å². The monoisotopic (exact) mass is 548 g/mol. The van der Waals surface area contributed by atoms with Crippen LogP contribution in [0.25, 0.3) is 0 Å². The molecule has 0 saturated carbocycles. The first-order valence-electron chi connectivity index (χ1n) is 13.3. The SMILES string of the molecule is CCOc1cc(C2C3=C(CC(C)(C)CC3=O)OC3=C2C(=O)CC(C)(C)C3)ccc1OC(=O)c1ccccc1Cl. The number of esters is 1. The number of ketones is 2. The van der Waals surface area contributed by atoms with Crippen molar-refractivity contribution in [2.24, 2.45) is 10.8 Å². The smallest absolute Gasteiger partial charge is 0.345 e. The largest absolute Gasteiger partial charge is 0.490 e. The van der Waals surface area contributed by atoms with Crippen LogP contribution in [0.3, 0.4) is 0 Å². The summed E-state index contributed by atoms with van der Waals surface area (Å²) in [6, 6.07) is 11.9. The Hall–Kier alpha value is -3.38. The molecule has 0 spiro atoms. The topological polar surface area (TPSA) is 78.9 Å². The van der Waals surface area contributed by atoms with Gasteiger partial charge in [-0.3, -0.25) is 9.59 Å². The van der Waals surface area contributed by atoms with Crippen molar-refractivity contribution >= 4 is 29.1 Å². The molecule has 6 nitrogen and oxygen atoms in total. The summed E-state index contributed by atoms with van der Waals surface area (Å²) in [5.74, 6) is 0.681. The molecule has 0 fully saturated rings. The molecule has 0 aromatic heterocycles. The van der Waals surface area contributed by atoms with Crippen LogP contribution in [0.2, 0.25) is 5.02 Å². The third-order valence-electron chi connectivity index (χ3n) is 7.48. The van der Waals surface area contributed by atoms with Crippen molar-refractivity contribution < 1.29 is 28.6 Å². The lowest BCUT2D eigenvalue weighted by Crippen LogP contribution is -2.37. The Morgan fingerprint density at radius 2 is 1.49 bits per heavy atom. The number of hydrogen-bond donors (Lipinski definition) is 0. The molecule has 39 heavy (non-hydrogen) atoms. The van der Waals surface area contributed by atoms with Gasteiger partial charge in [0.1, 0.15) is 11.5 Å². The Kier molecular flexibility index (Phi) is 6.96. The van der Waals surface area contributed by atoms with Crippen LogP contribution in [0.1, 0.15) is 82.1 Å². The highest BCUT2D eigenvalue weighted by Gasteiger charge is 2.48. The predicted molar refractivity (Wildman–Crippen MR) is 148 cm³/mol. The van der Waals surface area contributed by atoms with Crippen molar-refractivity contribution in [3.63, 3.8) is 0 Å². The summed E-state index contributed by atoms with van der Waals surface area (Å²) in [6.45, 7) is 10.4. The molecule has 0 atom stereocenters. The minimum Gasteiger partial charge on any atom is -0.490 e. The molecule has 7 heteroatoms. The molecule has 0 amide bonds. The predicted octanol–water partition coefficient (Wildman–Crippen LogP) is 7.36. The lowest BCUT2D eigenvalue weighted by molar-refractivity contribution is -0.120. The van der Waals surface area contributed by atoms with Gasteiger partial charge >= 0.3 is 5.97 Å². The summed E-state index contributed by atoms with van der Waals surface area (Å²) < 4.78 is 17.9. The summed E-state index contributed by atoms with van der Waals surface area (Å²) in [5, 5.41) is 0.288. The van der Waals surface area contributed by atoms with Gasteiger partial charge in [-0.15, -0.1) is 0 Å². The Balaban J connectivity index is 1.60. The van der Waals surface area contributed by atoms with Crippen LogP contribution in [-0.2, 0) is 14.3 Å². The van der Waals surface area contributed by atoms with Crippen molar-refractivity contribution in [1.29, 1.82) is 0 Å². The summed E-state index contributed by atoms with van der Waals surface area (Å²) >= 11 is 6.19. The molecule has 0 radical (unpaired) electrons. The number of halogens is 1. The van der Waals surface area contributed by atoms with E-state index >= 15 is 0 Å². The van der Waals surface area contributed by atoms with Gasteiger partial charge in [0.2, 0.25) is 0 Å². The number of Topliss-reactive ketones (excluding diaryl/α,β-unsaturated/α-hetero) is 2. The fourth-order valence-corrected chi connectivity index (χ4v) is 6.06. The van der Waals surface area contributed by atoms with Crippen LogP contribution in [0.15, 0.2) is 65.1 Å². The van der Waals surface area contributed by atoms with E-state index in [1.165, 1.54) is 0 Å². The Bertz CT molecular complexity index is 1390. The molecule has 2 aliphatic carbocycles. The average molecular weight is 549 g/mol. The van der Waals surface area contributed by atoms with Crippen LogP contribution in [0.4, 0.5) is 0 Å². The zero-order valence-electron chi connectivity index (χ0n) is 23.0. The number of carbonyl (C=O) groups excluding carboxylic acids is 3. The van der Waals surface area contributed by atoms with E-state index in [-0.39, 0.29) is 38.7 Å². The van der Waals surface area contributed by atoms with Crippen molar-refractivity contribution in [2.45, 2.75) is 66.2 Å². The highest BCUT2D eigenvalue weighted by molar-refractivity contribution is 6.33. The van der Waals surface area contributed by atoms with E-state index in [1.54, 1.807) is 42.5 Å². The Morgan fingerprint density at radius 1 is 0.897 bits per heavy atom. The number of allylic oxidation sites excluding steroid dienone is 4. The number of rotatable bonds is 5. The maximum Gasteiger partial charge on any atom is 0.345 e. The van der Waals surface area contributed by atoms with Gasteiger partial charge in [-0.25, -0.2) is 4.79 Å². The van der Waals surface area contributed by atoms with Gasteiger partial charge in [0.25, 0.3) is 0 Å². The lowest BCUT2D eigenvalue weighted by atomic mass is 9.65. The first kappa shape index (κ1) is 27.2. The minimum atomic E-state index is -0.607. The second kappa shape index (κ2) is 9.98. The average Bonchev–Trinajstić information content (AvgIpc) is 2.82. The number of ether oxygens (including phenoxy) is 3. The van der Waals surface area contributed by atoms with Gasteiger partial charge in [0.15, 0.2) is 23.1 Å². The molecule has 0 unspecified atom stereocenters. The van der Waals surface area contributed by atoms with Crippen molar-refractivity contribution in [1.82, 2.24) is 0 Å². The molecule has 0 saturated heterocycles. The van der Waals surface area contributed by atoms with E-state index in [0.29, 0.717) is 60.7 Å². The maximum atomic E-state index is 13.6. The van der Waals surface area contributed by atoms with E-state index in [4.69, 9.17) is 25.8 Å². The minimum absolute atomic E-state index is 0.0115. The molecular formula is C32H33ClO6. The number of carbonyl (C=O) groups is 3. The van der Waals surface area contributed by atoms with E-state index < -0.39 is 11.9 Å². The molecule has 2 aromatic carbocycles. The van der Waals surface area contributed by atoms with E-state index in [1.807, 2.05) is 6.92 Å². The van der Waals surface area contributed by atoms with Crippen LogP contribution in [-0.4, -0.2) is 24.1 Å². The molecule has 5 rings (SSSR count). The summed E-state index contributed by atoms with van der Waals surface area (Å²) in [4.78, 5) is 40.0. The molecule has 3 aliphatic rings. The van der Waals surface area contributed by atoms with E-state index in [2.05, 4.69) is 27.7 Å². The van der Waals surface area contributed by atoms with Gasteiger partial charge in [-0.1, -0.05) is 57.5 Å². The molecule has 0 bridgehead atoms. The zero-order chi connectivity index (χ0) is 28.1. The second-order valence-corrected chi connectivity index (χ2v) is 12.5. The highest BCUT2D eigenvalue weighted by atomic mass is 35.5. The zero-order valence-corrected chi connectivity index (χ0v) is 23.7. The van der Waals surface area contributed by atoms with Gasteiger partial charge in [-0.05, 0) is 47.6 Å². The molecule has 1 aliphatic heterocycles. The van der Waals surface area contributed by atoms with Crippen molar-refractivity contribution in [3.8, 4) is 11.5 Å². The molecule has 1 heterocycles. The van der Waals surface area contributed by atoms with Gasteiger partial charge in [0.05, 0.1) is 17.2 Å². The first-order chi connectivity index (χ1) is 18.4. The third-order valence-corrected chi connectivity index (χ3v) is 7.81. The van der Waals surface area contributed by atoms with Crippen LogP contribution in [0.5, 0.6) is 11.5 Å². The fraction of sp³-hybridized carbons (Fsp3) is 0.406. The second-order valence-electron chi connectivity index (χ2n) is 12.1. The quantitative estimate of drug-likeness (QED) is 0.287. The molecular weight excluding hydrogens is 516 g/mol. The normalized spacial score (nSPS) is 20.3. The summed E-state index contributed by atoms with van der Waals surface area (Å²) in [7, 11) is 0. The fourth-order valence-electron chi connectivity index (χ4n) is 5.85. The standard InChI is InChI=1S/C32H33ClO6/c1-6-37-24-13-18(11-12-23(24)39-30(36)19-9-7-8-10-20(19)33)27-28-21(34)14-31(2,3)16-25(28)38-26-17-32(4,5)15-22(35)29(26)27/h7-13,27H,6,14-17H2,1-5H3. The Labute approximate surface area is 234 Å². The van der Waals surface area contributed by atoms with Gasteiger partial charge in [0, 0.05) is 42.7 Å². The van der Waals surface area contributed by atoms with Gasteiger partial charge in [-0.2, -0.15) is 0 Å². The lowest BCUT2D eigenvalue weighted by Gasteiger charge is -2.42. The van der Waals surface area contributed by atoms with Crippen LogP contribution in [0, 0.1) is 10.8 Å². The van der Waals surface area contributed by atoms with E-state index in [9.17, 15) is 14.4 Å². The van der Waals surface area contributed by atoms with E-state index in [0.717, 1.165) is 5.56 Å². The highest BCUT2D eigenvalue weighted by Crippen LogP contribution is 2.53. The third kappa shape index (κ3) is 5.27. The molecule has 204 valence electrons. The van der Waals surface area contributed by atoms with Crippen molar-refractivity contribution in [2.75, 3.05) is 6.61 Å². The molecule has 0 N–H and O–H groups in total. The Morgan fingerprint density at radius 3 is 2.05 bits per heavy atom. The maximum absolute atomic E-state index is 13.6. The number of benzene rings is 2.